The van der Waals surface area contributed by atoms with E-state index in [1.54, 1.807) is 0 Å². The summed E-state index contributed by atoms with van der Waals surface area (Å²) in [7, 11) is 0. The smallest absolute Gasteiger partial charge is 0.00232 e. The number of nitrogens with one attached hydrogen (secondary N) is 1. The molecule has 0 fully saturated rings. The third kappa shape index (κ3) is 12.7. The fraction of sp³-hybridized carbons (Fsp3) is 1.00. The van der Waals surface area contributed by atoms with Crippen molar-refractivity contribution in [2.24, 2.45) is 17.8 Å². The lowest BCUT2D eigenvalue weighted by molar-refractivity contribution is 0.386. The van der Waals surface area contributed by atoms with Crippen LogP contribution in [0.15, 0.2) is 0 Å². The monoisotopic (exact) mass is 269 g/mol. The third-order valence-corrected chi connectivity index (χ3v) is 4.40. The van der Waals surface area contributed by atoms with Gasteiger partial charge in [-0.2, -0.15) is 0 Å². The van der Waals surface area contributed by atoms with E-state index in [0.29, 0.717) is 0 Å². The summed E-state index contributed by atoms with van der Waals surface area (Å²) in [6, 6.07) is 0. The quantitative estimate of drug-likeness (QED) is 0.426. The van der Waals surface area contributed by atoms with Gasteiger partial charge in [-0.25, -0.2) is 0 Å². The van der Waals surface area contributed by atoms with Gasteiger partial charge in [0.25, 0.3) is 0 Å². The Morgan fingerprint density at radius 1 is 0.737 bits per heavy atom. The summed E-state index contributed by atoms with van der Waals surface area (Å²) in [4.78, 5) is 0. The van der Waals surface area contributed by atoms with Gasteiger partial charge >= 0.3 is 0 Å². The number of rotatable bonds is 13. The van der Waals surface area contributed by atoms with Gasteiger partial charge in [0.05, 0.1) is 0 Å². The van der Waals surface area contributed by atoms with Crippen LogP contribution in [0.2, 0.25) is 0 Å². The van der Waals surface area contributed by atoms with Crippen LogP contribution in [0.5, 0.6) is 0 Å². The zero-order valence-electron chi connectivity index (χ0n) is 14.3. The highest BCUT2D eigenvalue weighted by Gasteiger charge is 2.06. The highest BCUT2D eigenvalue weighted by atomic mass is 14.8. The Morgan fingerprint density at radius 3 is 1.79 bits per heavy atom. The first kappa shape index (κ1) is 19.0. The molecule has 0 aromatic rings. The molecule has 0 aliphatic heterocycles. The highest BCUT2D eigenvalue weighted by molar-refractivity contribution is 4.61. The lowest BCUT2D eigenvalue weighted by Crippen LogP contribution is -2.21. The molecule has 1 N–H and O–H groups in total. The molecule has 19 heavy (non-hydrogen) atoms. The van der Waals surface area contributed by atoms with Gasteiger partial charge in [0, 0.05) is 0 Å². The van der Waals surface area contributed by atoms with Gasteiger partial charge < -0.3 is 5.32 Å². The van der Waals surface area contributed by atoms with E-state index in [4.69, 9.17) is 0 Å². The first-order chi connectivity index (χ1) is 9.10. The Bertz CT molecular complexity index is 179. The lowest BCUT2D eigenvalue weighted by Gasteiger charge is -2.15. The summed E-state index contributed by atoms with van der Waals surface area (Å²) >= 11 is 0. The summed E-state index contributed by atoms with van der Waals surface area (Å²) < 4.78 is 0. The van der Waals surface area contributed by atoms with Crippen molar-refractivity contribution in [3.63, 3.8) is 0 Å². The van der Waals surface area contributed by atoms with E-state index in [-0.39, 0.29) is 0 Å². The minimum absolute atomic E-state index is 0.846. The maximum absolute atomic E-state index is 3.53. The largest absolute Gasteiger partial charge is 0.316 e. The molecule has 3 unspecified atom stereocenters. The van der Waals surface area contributed by atoms with Crippen molar-refractivity contribution in [2.75, 3.05) is 13.1 Å². The Hall–Kier alpha value is -0.0400. The van der Waals surface area contributed by atoms with Gasteiger partial charge in [-0.05, 0) is 43.7 Å². The first-order valence-electron chi connectivity index (χ1n) is 8.80. The van der Waals surface area contributed by atoms with Crippen LogP contribution in [0.25, 0.3) is 0 Å². The zero-order chi connectivity index (χ0) is 14.5. The molecule has 0 saturated heterocycles. The van der Waals surface area contributed by atoms with Gasteiger partial charge in [-0.3, -0.25) is 0 Å². The molecule has 0 heterocycles. The second-order valence-corrected chi connectivity index (χ2v) is 6.79. The van der Waals surface area contributed by atoms with E-state index in [1.165, 1.54) is 64.5 Å². The minimum atomic E-state index is 0.846. The van der Waals surface area contributed by atoms with Crippen molar-refractivity contribution in [3.8, 4) is 0 Å². The number of hydrogen-bond acceptors (Lipinski definition) is 1. The molecule has 1 heteroatoms. The fourth-order valence-electron chi connectivity index (χ4n) is 2.61. The Kier molecular flexibility index (Phi) is 12.9. The summed E-state index contributed by atoms with van der Waals surface area (Å²) in [6.07, 6.45) is 11.1. The van der Waals surface area contributed by atoms with Crippen LogP contribution in [0.4, 0.5) is 0 Å². The van der Waals surface area contributed by atoms with Crippen molar-refractivity contribution in [1.82, 2.24) is 5.32 Å². The second kappa shape index (κ2) is 13.0. The summed E-state index contributed by atoms with van der Waals surface area (Å²) in [5.74, 6) is 2.70. The standard InChI is InChI=1S/C18H39N/c1-6-14-19-15-18(5)13-9-12-17(4)11-8-10-16(3)7-2/h16-19H,6-15H2,1-5H3. The third-order valence-electron chi connectivity index (χ3n) is 4.40. The van der Waals surface area contributed by atoms with Gasteiger partial charge in [0.2, 0.25) is 0 Å². The fourth-order valence-corrected chi connectivity index (χ4v) is 2.61. The van der Waals surface area contributed by atoms with Crippen molar-refractivity contribution >= 4 is 0 Å². The van der Waals surface area contributed by atoms with E-state index in [0.717, 1.165) is 17.8 Å². The SMILES string of the molecule is CCCNCC(C)CCCC(C)CCCC(C)CC. The van der Waals surface area contributed by atoms with Crippen molar-refractivity contribution in [2.45, 2.75) is 86.0 Å². The molecule has 116 valence electrons. The van der Waals surface area contributed by atoms with Crippen LogP contribution < -0.4 is 5.32 Å². The molecule has 0 aliphatic rings. The van der Waals surface area contributed by atoms with E-state index < -0.39 is 0 Å². The normalized spacial score (nSPS) is 16.3. The molecule has 0 radical (unpaired) electrons. The lowest BCUT2D eigenvalue weighted by atomic mass is 9.92. The molecule has 1 nitrogen and oxygen atoms in total. The van der Waals surface area contributed by atoms with Crippen LogP contribution in [-0.2, 0) is 0 Å². The zero-order valence-corrected chi connectivity index (χ0v) is 14.3. The first-order valence-corrected chi connectivity index (χ1v) is 8.80. The van der Waals surface area contributed by atoms with Crippen LogP contribution in [-0.4, -0.2) is 13.1 Å². The van der Waals surface area contributed by atoms with Crippen LogP contribution in [0.3, 0.4) is 0 Å². The van der Waals surface area contributed by atoms with Gasteiger partial charge in [-0.15, -0.1) is 0 Å². The molecule has 0 amide bonds. The van der Waals surface area contributed by atoms with E-state index in [1.807, 2.05) is 0 Å². The summed E-state index contributed by atoms with van der Waals surface area (Å²) in [5, 5.41) is 3.53. The van der Waals surface area contributed by atoms with Crippen LogP contribution >= 0.6 is 0 Å². The van der Waals surface area contributed by atoms with Crippen molar-refractivity contribution in [3.05, 3.63) is 0 Å². The Labute approximate surface area is 122 Å². The molecule has 0 saturated carbocycles. The van der Waals surface area contributed by atoms with Gasteiger partial charge in [0.1, 0.15) is 0 Å². The molecule has 0 aliphatic carbocycles. The average Bonchev–Trinajstić information content (AvgIpc) is 2.38. The topological polar surface area (TPSA) is 12.0 Å². The molecular weight excluding hydrogens is 230 g/mol. The van der Waals surface area contributed by atoms with E-state index in [9.17, 15) is 0 Å². The maximum Gasteiger partial charge on any atom is -0.00232 e. The summed E-state index contributed by atoms with van der Waals surface area (Å²) in [5.41, 5.74) is 0. The summed E-state index contributed by atoms with van der Waals surface area (Å²) in [6.45, 7) is 14.1. The average molecular weight is 270 g/mol. The predicted octanol–water partition coefficient (Wildman–Crippen LogP) is 5.64. The van der Waals surface area contributed by atoms with Crippen molar-refractivity contribution < 1.29 is 0 Å². The van der Waals surface area contributed by atoms with E-state index in [2.05, 4.69) is 39.9 Å². The highest BCUT2D eigenvalue weighted by Crippen LogP contribution is 2.20. The van der Waals surface area contributed by atoms with E-state index >= 15 is 0 Å². The maximum atomic E-state index is 3.53. The molecule has 0 aromatic carbocycles. The predicted molar refractivity (Wildman–Crippen MR) is 88.6 cm³/mol. The Balaban J connectivity index is 3.39. The molecule has 0 aromatic heterocycles. The van der Waals surface area contributed by atoms with Gasteiger partial charge in [0.15, 0.2) is 0 Å². The molecular formula is C18H39N. The van der Waals surface area contributed by atoms with Gasteiger partial charge in [-0.1, -0.05) is 73.1 Å². The minimum Gasteiger partial charge on any atom is -0.316 e. The van der Waals surface area contributed by atoms with Crippen LogP contribution in [0.1, 0.15) is 86.0 Å². The van der Waals surface area contributed by atoms with Crippen LogP contribution in [0, 0.1) is 17.8 Å². The Morgan fingerprint density at radius 2 is 1.26 bits per heavy atom. The number of hydrogen-bond donors (Lipinski definition) is 1. The van der Waals surface area contributed by atoms with Crippen molar-refractivity contribution in [1.29, 1.82) is 0 Å². The molecule has 0 rings (SSSR count). The second-order valence-electron chi connectivity index (χ2n) is 6.79. The molecule has 0 spiro atoms. The molecule has 3 atom stereocenters. The molecule has 0 bridgehead atoms.